The first-order valence-electron chi connectivity index (χ1n) is 5.12. The monoisotopic (exact) mass is 238 g/mol. The summed E-state index contributed by atoms with van der Waals surface area (Å²) in [6.07, 6.45) is 1.96. The number of hydrogen-bond donors (Lipinski definition) is 1. The molecule has 0 saturated carbocycles. The number of nitro groups is 1. The van der Waals surface area contributed by atoms with Crippen LogP contribution >= 0.6 is 0 Å². The van der Waals surface area contributed by atoms with E-state index in [1.54, 1.807) is 11.9 Å². The zero-order valence-corrected chi connectivity index (χ0v) is 9.71. The third-order valence-electron chi connectivity index (χ3n) is 2.28. The Bertz CT molecular complexity index is 447. The lowest BCUT2D eigenvalue weighted by Gasteiger charge is -2.17. The van der Waals surface area contributed by atoms with Crippen LogP contribution in [0.5, 0.6) is 0 Å². The first-order valence-corrected chi connectivity index (χ1v) is 5.12. The maximum absolute atomic E-state index is 11.1. The van der Waals surface area contributed by atoms with Crippen LogP contribution in [0.1, 0.15) is 23.7 Å². The van der Waals surface area contributed by atoms with Crippen LogP contribution in [0.3, 0.4) is 0 Å². The third-order valence-corrected chi connectivity index (χ3v) is 2.28. The minimum atomic E-state index is -0.828. The molecule has 1 rings (SSSR count). The van der Waals surface area contributed by atoms with Crippen LogP contribution in [-0.2, 0) is 0 Å². The van der Waals surface area contributed by atoms with E-state index in [2.05, 4.69) is 4.98 Å². The van der Waals surface area contributed by atoms with Crippen LogP contribution in [0.15, 0.2) is 12.3 Å². The summed E-state index contributed by atoms with van der Waals surface area (Å²) in [6.45, 7) is 2.74. The van der Waals surface area contributed by atoms with Crippen molar-refractivity contribution in [1.29, 1.82) is 0 Å². The number of anilines is 1. The van der Waals surface area contributed by atoms with Gasteiger partial charge in [-0.2, -0.15) is 0 Å². The number of primary amides is 1. The number of amides is 1. The van der Waals surface area contributed by atoms with Crippen molar-refractivity contribution in [3.8, 4) is 0 Å². The van der Waals surface area contributed by atoms with Crippen molar-refractivity contribution < 1.29 is 9.72 Å². The molecule has 1 aromatic heterocycles. The average Bonchev–Trinajstić information content (AvgIpc) is 2.28. The molecule has 0 atom stereocenters. The van der Waals surface area contributed by atoms with Crippen LogP contribution in [0.4, 0.5) is 11.5 Å². The molecule has 1 heterocycles. The molecule has 0 unspecified atom stereocenters. The molecule has 17 heavy (non-hydrogen) atoms. The Hall–Kier alpha value is -2.18. The van der Waals surface area contributed by atoms with Gasteiger partial charge in [0.25, 0.3) is 11.6 Å². The van der Waals surface area contributed by atoms with E-state index in [1.807, 2.05) is 6.92 Å². The van der Waals surface area contributed by atoms with E-state index in [9.17, 15) is 14.9 Å². The number of carbonyl (C=O) groups excluding carboxylic acids is 1. The third kappa shape index (κ3) is 2.90. The molecule has 0 radical (unpaired) electrons. The standard InChI is InChI=1S/C10H14N4O3/c1-3-4-13(2)9-5-7(10(11)15)8(6-12-9)14(16)17/h5-6H,3-4H2,1-2H3,(H2,11,15). The number of nitrogens with zero attached hydrogens (tertiary/aromatic N) is 3. The van der Waals surface area contributed by atoms with Crippen molar-refractivity contribution in [2.75, 3.05) is 18.5 Å². The minimum Gasteiger partial charge on any atom is -0.365 e. The fourth-order valence-corrected chi connectivity index (χ4v) is 1.44. The maximum atomic E-state index is 11.1. The molecule has 7 heteroatoms. The van der Waals surface area contributed by atoms with E-state index in [4.69, 9.17) is 5.73 Å². The molecular weight excluding hydrogens is 224 g/mol. The largest absolute Gasteiger partial charge is 0.365 e. The Balaban J connectivity index is 3.18. The van der Waals surface area contributed by atoms with E-state index in [-0.39, 0.29) is 11.3 Å². The van der Waals surface area contributed by atoms with Crippen LogP contribution in [0.2, 0.25) is 0 Å². The maximum Gasteiger partial charge on any atom is 0.300 e. The second-order valence-corrected chi connectivity index (χ2v) is 3.60. The van der Waals surface area contributed by atoms with Crippen molar-refractivity contribution in [2.45, 2.75) is 13.3 Å². The molecule has 0 spiro atoms. The van der Waals surface area contributed by atoms with Gasteiger partial charge in [0, 0.05) is 19.7 Å². The quantitative estimate of drug-likeness (QED) is 0.607. The summed E-state index contributed by atoms with van der Waals surface area (Å²) in [5.74, 6) is -0.337. The summed E-state index contributed by atoms with van der Waals surface area (Å²) in [7, 11) is 1.79. The van der Waals surface area contributed by atoms with E-state index in [0.717, 1.165) is 19.2 Å². The number of carbonyl (C=O) groups is 1. The Morgan fingerprint density at radius 3 is 2.76 bits per heavy atom. The van der Waals surface area contributed by atoms with E-state index < -0.39 is 10.8 Å². The highest BCUT2D eigenvalue weighted by Gasteiger charge is 2.20. The van der Waals surface area contributed by atoms with Crippen molar-refractivity contribution in [3.63, 3.8) is 0 Å². The normalized spacial score (nSPS) is 10.0. The summed E-state index contributed by atoms with van der Waals surface area (Å²) >= 11 is 0. The molecule has 0 bridgehead atoms. The number of pyridine rings is 1. The highest BCUT2D eigenvalue weighted by molar-refractivity contribution is 5.97. The van der Waals surface area contributed by atoms with Gasteiger partial charge < -0.3 is 10.6 Å². The molecule has 7 nitrogen and oxygen atoms in total. The number of aromatic nitrogens is 1. The summed E-state index contributed by atoms with van der Waals surface area (Å²) in [6, 6.07) is 1.34. The molecular formula is C10H14N4O3. The lowest BCUT2D eigenvalue weighted by molar-refractivity contribution is -0.385. The molecule has 0 saturated heterocycles. The summed E-state index contributed by atoms with van der Waals surface area (Å²) in [5.41, 5.74) is 4.61. The predicted octanol–water partition coefficient (Wildman–Crippen LogP) is 0.935. The first kappa shape index (κ1) is 12.9. The van der Waals surface area contributed by atoms with Crippen LogP contribution < -0.4 is 10.6 Å². The number of hydrogen-bond acceptors (Lipinski definition) is 5. The second-order valence-electron chi connectivity index (χ2n) is 3.60. The van der Waals surface area contributed by atoms with Crippen LogP contribution in [0.25, 0.3) is 0 Å². The Labute approximate surface area is 98.4 Å². The Morgan fingerprint density at radius 2 is 2.29 bits per heavy atom. The smallest absolute Gasteiger partial charge is 0.300 e. The lowest BCUT2D eigenvalue weighted by Crippen LogP contribution is -2.21. The topological polar surface area (TPSA) is 102 Å². The van der Waals surface area contributed by atoms with Gasteiger partial charge >= 0.3 is 0 Å². The Kier molecular flexibility index (Phi) is 3.97. The van der Waals surface area contributed by atoms with Gasteiger partial charge in [0.05, 0.1) is 4.92 Å². The van der Waals surface area contributed by atoms with Crippen molar-refractivity contribution in [2.24, 2.45) is 5.73 Å². The zero-order chi connectivity index (χ0) is 13.0. The van der Waals surface area contributed by atoms with Gasteiger partial charge in [0.2, 0.25) is 0 Å². The number of rotatable bonds is 5. The molecule has 0 aliphatic heterocycles. The molecule has 92 valence electrons. The van der Waals surface area contributed by atoms with Gasteiger partial charge in [0.1, 0.15) is 17.6 Å². The molecule has 0 aliphatic rings. The SMILES string of the molecule is CCCN(C)c1cc(C(N)=O)c([N+](=O)[O-])cn1. The minimum absolute atomic E-state index is 0.122. The molecule has 2 N–H and O–H groups in total. The predicted molar refractivity (Wildman–Crippen MR) is 63.0 cm³/mol. The van der Waals surface area contributed by atoms with Gasteiger partial charge in [-0.05, 0) is 6.42 Å². The molecule has 0 aliphatic carbocycles. The van der Waals surface area contributed by atoms with Gasteiger partial charge in [-0.25, -0.2) is 4.98 Å². The average molecular weight is 238 g/mol. The van der Waals surface area contributed by atoms with Gasteiger partial charge in [-0.15, -0.1) is 0 Å². The lowest BCUT2D eigenvalue weighted by atomic mass is 10.2. The van der Waals surface area contributed by atoms with Crippen LogP contribution in [0, 0.1) is 10.1 Å². The van der Waals surface area contributed by atoms with Crippen LogP contribution in [-0.4, -0.2) is 29.4 Å². The van der Waals surface area contributed by atoms with Crippen molar-refractivity contribution in [3.05, 3.63) is 27.9 Å². The Morgan fingerprint density at radius 1 is 1.65 bits per heavy atom. The van der Waals surface area contributed by atoms with Gasteiger partial charge in [-0.3, -0.25) is 14.9 Å². The summed E-state index contributed by atoms with van der Waals surface area (Å²) in [5, 5.41) is 10.7. The van der Waals surface area contributed by atoms with Crippen molar-refractivity contribution in [1.82, 2.24) is 4.98 Å². The molecule has 1 aromatic rings. The van der Waals surface area contributed by atoms with E-state index in [0.29, 0.717) is 5.82 Å². The van der Waals surface area contributed by atoms with Crippen molar-refractivity contribution >= 4 is 17.4 Å². The fourth-order valence-electron chi connectivity index (χ4n) is 1.44. The zero-order valence-electron chi connectivity index (χ0n) is 9.71. The molecule has 0 fully saturated rings. The van der Waals surface area contributed by atoms with Gasteiger partial charge in [-0.1, -0.05) is 6.92 Å². The van der Waals surface area contributed by atoms with E-state index in [1.165, 1.54) is 6.07 Å². The highest BCUT2D eigenvalue weighted by Crippen LogP contribution is 2.21. The first-order chi connectivity index (χ1) is 7.97. The van der Waals surface area contributed by atoms with Gasteiger partial charge in [0.15, 0.2) is 0 Å². The molecule has 1 amide bonds. The summed E-state index contributed by atoms with van der Waals surface area (Å²) in [4.78, 5) is 26.9. The second kappa shape index (κ2) is 5.24. The molecule has 0 aromatic carbocycles. The fraction of sp³-hybridized carbons (Fsp3) is 0.400. The highest BCUT2D eigenvalue weighted by atomic mass is 16.6. The van der Waals surface area contributed by atoms with E-state index >= 15 is 0 Å². The number of nitrogens with two attached hydrogens (primary N) is 1. The summed E-state index contributed by atoms with van der Waals surface area (Å²) < 4.78 is 0.